The van der Waals surface area contributed by atoms with Crippen molar-refractivity contribution in [1.29, 1.82) is 0 Å². The summed E-state index contributed by atoms with van der Waals surface area (Å²) in [5.41, 5.74) is 2.65. The normalized spacial score (nSPS) is 10.2. The van der Waals surface area contributed by atoms with Crippen molar-refractivity contribution in [2.24, 2.45) is 0 Å². The predicted octanol–water partition coefficient (Wildman–Crippen LogP) is 3.08. The van der Waals surface area contributed by atoms with E-state index in [2.05, 4.69) is 4.98 Å². The highest BCUT2D eigenvalue weighted by Crippen LogP contribution is 2.20. The van der Waals surface area contributed by atoms with Crippen molar-refractivity contribution in [3.8, 4) is 5.75 Å². The number of rotatable bonds is 5. The number of nitrogens with zero attached hydrogens (tertiary/aromatic N) is 1. The van der Waals surface area contributed by atoms with E-state index in [-0.39, 0.29) is 5.78 Å². The SMILES string of the molecule is CCc1cnccc1C(=O)Cc1ccccc1OC. The van der Waals surface area contributed by atoms with Crippen LogP contribution >= 0.6 is 0 Å². The van der Waals surface area contributed by atoms with Crippen molar-refractivity contribution in [3.05, 3.63) is 59.4 Å². The Hall–Kier alpha value is -2.16. The Labute approximate surface area is 113 Å². The molecule has 1 aromatic carbocycles. The van der Waals surface area contributed by atoms with Crippen LogP contribution in [0.25, 0.3) is 0 Å². The molecule has 2 aromatic rings. The number of carbonyl (C=O) groups excluding carboxylic acids is 1. The Kier molecular flexibility index (Phi) is 4.29. The van der Waals surface area contributed by atoms with Gasteiger partial charge in [0.2, 0.25) is 0 Å². The van der Waals surface area contributed by atoms with Gasteiger partial charge in [-0.2, -0.15) is 0 Å². The first kappa shape index (κ1) is 13.3. The molecule has 1 aromatic heterocycles. The number of benzene rings is 1. The Bertz CT molecular complexity index is 578. The number of aromatic nitrogens is 1. The second-order valence-corrected chi connectivity index (χ2v) is 4.30. The lowest BCUT2D eigenvalue weighted by atomic mass is 9.98. The number of carbonyl (C=O) groups is 1. The maximum Gasteiger partial charge on any atom is 0.167 e. The van der Waals surface area contributed by atoms with Gasteiger partial charge in [-0.05, 0) is 24.1 Å². The molecule has 3 nitrogen and oxygen atoms in total. The first-order valence-corrected chi connectivity index (χ1v) is 6.34. The first-order valence-electron chi connectivity index (χ1n) is 6.34. The molecule has 0 aliphatic rings. The van der Waals surface area contributed by atoms with Crippen LogP contribution in [0.1, 0.15) is 28.4 Å². The lowest BCUT2D eigenvalue weighted by Crippen LogP contribution is -2.08. The minimum Gasteiger partial charge on any atom is -0.496 e. The van der Waals surface area contributed by atoms with Crippen LogP contribution in [0.5, 0.6) is 5.75 Å². The zero-order chi connectivity index (χ0) is 13.7. The van der Waals surface area contributed by atoms with Crippen LogP contribution in [-0.2, 0) is 12.8 Å². The average Bonchev–Trinajstić information content (AvgIpc) is 2.47. The monoisotopic (exact) mass is 255 g/mol. The zero-order valence-corrected chi connectivity index (χ0v) is 11.2. The van der Waals surface area contributed by atoms with E-state index in [1.807, 2.05) is 31.2 Å². The van der Waals surface area contributed by atoms with Crippen molar-refractivity contribution in [3.63, 3.8) is 0 Å². The Balaban J connectivity index is 2.26. The number of ether oxygens (including phenoxy) is 1. The summed E-state index contributed by atoms with van der Waals surface area (Å²) < 4.78 is 5.27. The molecule has 1 heterocycles. The Morgan fingerprint density at radius 2 is 2.00 bits per heavy atom. The van der Waals surface area contributed by atoms with Crippen molar-refractivity contribution < 1.29 is 9.53 Å². The van der Waals surface area contributed by atoms with Gasteiger partial charge in [-0.25, -0.2) is 0 Å². The molecule has 0 atom stereocenters. The topological polar surface area (TPSA) is 39.2 Å². The van der Waals surface area contributed by atoms with Gasteiger partial charge in [0.25, 0.3) is 0 Å². The molecule has 0 radical (unpaired) electrons. The average molecular weight is 255 g/mol. The van der Waals surface area contributed by atoms with Crippen LogP contribution in [0.3, 0.4) is 0 Å². The Morgan fingerprint density at radius 3 is 2.74 bits per heavy atom. The summed E-state index contributed by atoms with van der Waals surface area (Å²) in [5, 5.41) is 0. The number of hydrogen-bond donors (Lipinski definition) is 0. The molecule has 0 saturated heterocycles. The van der Waals surface area contributed by atoms with Gasteiger partial charge in [-0.15, -0.1) is 0 Å². The molecule has 0 unspecified atom stereocenters. The zero-order valence-electron chi connectivity index (χ0n) is 11.2. The molecule has 0 fully saturated rings. The van der Waals surface area contributed by atoms with Gasteiger partial charge in [0.1, 0.15) is 5.75 Å². The van der Waals surface area contributed by atoms with Gasteiger partial charge in [-0.3, -0.25) is 9.78 Å². The molecule has 19 heavy (non-hydrogen) atoms. The van der Waals surface area contributed by atoms with Crippen molar-refractivity contribution in [2.75, 3.05) is 7.11 Å². The lowest BCUT2D eigenvalue weighted by molar-refractivity contribution is 0.0991. The summed E-state index contributed by atoms with van der Waals surface area (Å²) in [5.74, 6) is 0.853. The lowest BCUT2D eigenvalue weighted by Gasteiger charge is -2.09. The standard InChI is InChI=1S/C16H17NO2/c1-3-12-11-17-9-8-14(12)15(18)10-13-6-4-5-7-16(13)19-2/h4-9,11H,3,10H2,1-2H3. The number of aryl methyl sites for hydroxylation is 1. The van der Waals surface area contributed by atoms with Gasteiger partial charge in [0.05, 0.1) is 7.11 Å². The third-order valence-electron chi connectivity index (χ3n) is 3.13. The quantitative estimate of drug-likeness (QED) is 0.771. The van der Waals surface area contributed by atoms with E-state index < -0.39 is 0 Å². The van der Waals surface area contributed by atoms with Crippen molar-refractivity contribution in [1.82, 2.24) is 4.98 Å². The summed E-state index contributed by atoms with van der Waals surface area (Å²) in [6.07, 6.45) is 4.58. The molecule has 98 valence electrons. The highest BCUT2D eigenvalue weighted by molar-refractivity contribution is 5.99. The number of ketones is 1. The summed E-state index contributed by atoms with van der Waals surface area (Å²) in [7, 11) is 1.62. The highest BCUT2D eigenvalue weighted by Gasteiger charge is 2.13. The molecular weight excluding hydrogens is 238 g/mol. The second-order valence-electron chi connectivity index (χ2n) is 4.30. The number of hydrogen-bond acceptors (Lipinski definition) is 3. The van der Waals surface area contributed by atoms with Gasteiger partial charge in [0, 0.05) is 29.9 Å². The van der Waals surface area contributed by atoms with E-state index in [9.17, 15) is 4.79 Å². The maximum absolute atomic E-state index is 12.4. The summed E-state index contributed by atoms with van der Waals surface area (Å²) in [4.78, 5) is 16.4. The number of para-hydroxylation sites is 1. The molecule has 3 heteroatoms. The van der Waals surface area contributed by atoms with Crippen LogP contribution in [0.4, 0.5) is 0 Å². The maximum atomic E-state index is 12.4. The number of Topliss-reactive ketones (excluding diaryl/α,β-unsaturated/α-hetero) is 1. The van der Waals surface area contributed by atoms with Crippen molar-refractivity contribution >= 4 is 5.78 Å². The molecule has 0 spiro atoms. The number of pyridine rings is 1. The van der Waals surface area contributed by atoms with Crippen LogP contribution in [0.2, 0.25) is 0 Å². The summed E-state index contributed by atoms with van der Waals surface area (Å²) in [6, 6.07) is 9.39. The van der Waals surface area contributed by atoms with Gasteiger partial charge in [0.15, 0.2) is 5.78 Å². The van der Waals surface area contributed by atoms with E-state index in [0.717, 1.165) is 28.9 Å². The fourth-order valence-corrected chi connectivity index (χ4v) is 2.10. The fourth-order valence-electron chi connectivity index (χ4n) is 2.10. The largest absolute Gasteiger partial charge is 0.496 e. The van der Waals surface area contributed by atoms with E-state index >= 15 is 0 Å². The third-order valence-corrected chi connectivity index (χ3v) is 3.13. The van der Waals surface area contributed by atoms with Crippen LogP contribution in [0, 0.1) is 0 Å². The molecule has 0 aliphatic heterocycles. The van der Waals surface area contributed by atoms with E-state index in [1.165, 1.54) is 0 Å². The predicted molar refractivity (Wildman–Crippen MR) is 74.6 cm³/mol. The molecular formula is C16H17NO2. The third kappa shape index (κ3) is 2.99. The first-order chi connectivity index (χ1) is 9.26. The smallest absolute Gasteiger partial charge is 0.167 e. The molecule has 0 bridgehead atoms. The van der Waals surface area contributed by atoms with Crippen LogP contribution < -0.4 is 4.74 Å². The van der Waals surface area contributed by atoms with E-state index in [0.29, 0.717) is 6.42 Å². The molecule has 0 N–H and O–H groups in total. The fraction of sp³-hybridized carbons (Fsp3) is 0.250. The molecule has 0 aliphatic carbocycles. The van der Waals surface area contributed by atoms with Gasteiger partial charge >= 0.3 is 0 Å². The van der Waals surface area contributed by atoms with Gasteiger partial charge < -0.3 is 4.74 Å². The van der Waals surface area contributed by atoms with Crippen LogP contribution in [0.15, 0.2) is 42.7 Å². The summed E-state index contributed by atoms with van der Waals surface area (Å²) in [6.45, 7) is 2.02. The minimum absolute atomic E-state index is 0.101. The van der Waals surface area contributed by atoms with Crippen molar-refractivity contribution in [2.45, 2.75) is 19.8 Å². The second kappa shape index (κ2) is 6.14. The highest BCUT2D eigenvalue weighted by atomic mass is 16.5. The number of methoxy groups -OCH3 is 1. The van der Waals surface area contributed by atoms with Gasteiger partial charge in [-0.1, -0.05) is 25.1 Å². The molecule has 2 rings (SSSR count). The summed E-state index contributed by atoms with van der Waals surface area (Å²) >= 11 is 0. The van der Waals surface area contributed by atoms with Crippen LogP contribution in [-0.4, -0.2) is 17.9 Å². The van der Waals surface area contributed by atoms with E-state index in [1.54, 1.807) is 25.6 Å². The Morgan fingerprint density at radius 1 is 1.21 bits per heavy atom. The van der Waals surface area contributed by atoms with E-state index in [4.69, 9.17) is 4.74 Å². The minimum atomic E-state index is 0.101. The molecule has 0 amide bonds. The molecule has 0 saturated carbocycles.